The van der Waals surface area contributed by atoms with Crippen molar-refractivity contribution in [1.29, 1.82) is 0 Å². The van der Waals surface area contributed by atoms with E-state index in [0.29, 0.717) is 36.1 Å². The molecule has 0 radical (unpaired) electrons. The largest absolute Gasteiger partial charge is 0.493 e. The molecule has 0 saturated carbocycles. The lowest BCUT2D eigenvalue weighted by atomic mass is 10.0. The first-order valence-corrected chi connectivity index (χ1v) is 12.3. The Morgan fingerprint density at radius 1 is 1.00 bits per heavy atom. The summed E-state index contributed by atoms with van der Waals surface area (Å²) in [6, 6.07) is 19.7. The van der Waals surface area contributed by atoms with Gasteiger partial charge in [-0.3, -0.25) is 4.79 Å². The van der Waals surface area contributed by atoms with E-state index in [1.54, 1.807) is 7.11 Å². The molecule has 0 saturated heterocycles. The van der Waals surface area contributed by atoms with Gasteiger partial charge < -0.3 is 14.4 Å². The summed E-state index contributed by atoms with van der Waals surface area (Å²) in [5.74, 6) is 1.63. The maximum Gasteiger partial charge on any atom is 0.259 e. The average Bonchev–Trinajstić information content (AvgIpc) is 3.05. The highest BCUT2D eigenvalue weighted by Gasteiger charge is 2.32. The first-order chi connectivity index (χ1) is 15.9. The molecular formula is C27H25Br2NO3. The molecule has 0 unspecified atom stereocenters. The molecule has 1 amide bonds. The molecule has 3 aromatic carbocycles. The number of carbonyl (C=O) groups excluding carboxylic acids is 1. The molecule has 3 aromatic rings. The highest BCUT2D eigenvalue weighted by atomic mass is 79.9. The van der Waals surface area contributed by atoms with Crippen molar-refractivity contribution < 1.29 is 14.3 Å². The van der Waals surface area contributed by atoms with Crippen molar-refractivity contribution in [3.05, 3.63) is 86.3 Å². The molecule has 6 heteroatoms. The standard InChI is InChI=1S/C27H25Br2NO3/c1-17(2)15-30-24-7-5-4-6-21(24)22(27(30)31)12-19-13-25(32-3)26(14-23(19)29)33-16-18-8-10-20(28)11-9-18/h4-14,17H,15-16H2,1-3H3/b22-12-. The Morgan fingerprint density at radius 3 is 2.42 bits per heavy atom. The predicted molar refractivity (Wildman–Crippen MR) is 141 cm³/mol. The second kappa shape index (κ2) is 10.1. The molecule has 4 rings (SSSR count). The van der Waals surface area contributed by atoms with Gasteiger partial charge in [0.15, 0.2) is 11.5 Å². The molecule has 1 heterocycles. The lowest BCUT2D eigenvalue weighted by Crippen LogP contribution is -2.30. The quantitative estimate of drug-likeness (QED) is 0.279. The van der Waals surface area contributed by atoms with Gasteiger partial charge in [-0.2, -0.15) is 0 Å². The van der Waals surface area contributed by atoms with Crippen molar-refractivity contribution in [3.63, 3.8) is 0 Å². The molecule has 0 aromatic heterocycles. The molecule has 0 N–H and O–H groups in total. The molecule has 0 fully saturated rings. The predicted octanol–water partition coefficient (Wildman–Crippen LogP) is 7.34. The van der Waals surface area contributed by atoms with Crippen LogP contribution in [0.2, 0.25) is 0 Å². The average molecular weight is 571 g/mol. The highest BCUT2D eigenvalue weighted by Crippen LogP contribution is 2.41. The molecule has 4 nitrogen and oxygen atoms in total. The van der Waals surface area contributed by atoms with Crippen LogP contribution in [0.25, 0.3) is 11.6 Å². The van der Waals surface area contributed by atoms with Gasteiger partial charge in [0.05, 0.1) is 12.8 Å². The number of hydrogen-bond donors (Lipinski definition) is 0. The Bertz CT molecular complexity index is 1200. The summed E-state index contributed by atoms with van der Waals surface area (Å²) in [5.41, 5.74) is 4.50. The number of hydrogen-bond acceptors (Lipinski definition) is 3. The maximum atomic E-state index is 13.3. The van der Waals surface area contributed by atoms with Gasteiger partial charge >= 0.3 is 0 Å². The number of anilines is 1. The van der Waals surface area contributed by atoms with E-state index >= 15 is 0 Å². The van der Waals surface area contributed by atoms with Crippen molar-refractivity contribution in [3.8, 4) is 11.5 Å². The third-order valence-corrected chi connectivity index (χ3v) is 6.61. The van der Waals surface area contributed by atoms with Crippen molar-refractivity contribution >= 4 is 55.1 Å². The van der Waals surface area contributed by atoms with Crippen molar-refractivity contribution in [1.82, 2.24) is 0 Å². The van der Waals surface area contributed by atoms with Crippen molar-refractivity contribution in [2.75, 3.05) is 18.6 Å². The molecular weight excluding hydrogens is 546 g/mol. The number of benzene rings is 3. The van der Waals surface area contributed by atoms with Crippen LogP contribution in [0.5, 0.6) is 11.5 Å². The van der Waals surface area contributed by atoms with E-state index in [1.807, 2.05) is 71.6 Å². The van der Waals surface area contributed by atoms with Crippen LogP contribution >= 0.6 is 31.9 Å². The third kappa shape index (κ3) is 5.17. The monoisotopic (exact) mass is 569 g/mol. The minimum Gasteiger partial charge on any atom is -0.493 e. The Hall–Kier alpha value is -2.57. The molecule has 170 valence electrons. The van der Waals surface area contributed by atoms with Crippen LogP contribution in [-0.4, -0.2) is 19.6 Å². The first-order valence-electron chi connectivity index (χ1n) is 10.7. The normalized spacial score (nSPS) is 14.2. The maximum absolute atomic E-state index is 13.3. The second-order valence-corrected chi connectivity index (χ2v) is 10.1. The topological polar surface area (TPSA) is 38.8 Å². The van der Waals surface area contributed by atoms with E-state index < -0.39 is 0 Å². The minimum absolute atomic E-state index is 0.0198. The van der Waals surface area contributed by atoms with E-state index in [1.165, 1.54) is 0 Å². The number of amides is 1. The van der Waals surface area contributed by atoms with E-state index in [-0.39, 0.29) is 5.91 Å². The van der Waals surface area contributed by atoms with Crippen molar-refractivity contribution in [2.45, 2.75) is 20.5 Å². The molecule has 1 aliphatic rings. The number of fused-ring (bicyclic) bond motifs is 1. The van der Waals surface area contributed by atoms with Crippen LogP contribution in [0.15, 0.2) is 69.6 Å². The van der Waals surface area contributed by atoms with E-state index in [4.69, 9.17) is 9.47 Å². The summed E-state index contributed by atoms with van der Waals surface area (Å²) in [6.07, 6.45) is 1.92. The number of rotatable bonds is 7. The summed E-state index contributed by atoms with van der Waals surface area (Å²) in [7, 11) is 1.62. The smallest absolute Gasteiger partial charge is 0.259 e. The van der Waals surface area contributed by atoms with E-state index in [2.05, 4.69) is 45.7 Å². The lowest BCUT2D eigenvalue weighted by Gasteiger charge is -2.19. The lowest BCUT2D eigenvalue weighted by molar-refractivity contribution is -0.113. The Morgan fingerprint density at radius 2 is 1.73 bits per heavy atom. The number of para-hydroxylation sites is 1. The SMILES string of the molecule is COc1cc(/C=C2\C(=O)N(CC(C)C)c3ccccc32)c(Br)cc1OCc1ccc(Br)cc1. The van der Waals surface area contributed by atoms with Gasteiger partial charge in [-0.25, -0.2) is 0 Å². The molecule has 0 atom stereocenters. The van der Waals surface area contributed by atoms with Gasteiger partial charge in [0.2, 0.25) is 0 Å². The summed E-state index contributed by atoms with van der Waals surface area (Å²) in [6.45, 7) is 5.34. The van der Waals surface area contributed by atoms with E-state index in [9.17, 15) is 4.79 Å². The third-order valence-electron chi connectivity index (χ3n) is 5.40. The molecule has 33 heavy (non-hydrogen) atoms. The second-order valence-electron chi connectivity index (χ2n) is 8.32. The molecule has 0 spiro atoms. The highest BCUT2D eigenvalue weighted by molar-refractivity contribution is 9.10. The number of nitrogens with zero attached hydrogens (tertiary/aromatic N) is 1. The van der Waals surface area contributed by atoms with Crippen LogP contribution in [0.1, 0.15) is 30.5 Å². The van der Waals surface area contributed by atoms with Gasteiger partial charge in [-0.1, -0.05) is 76.0 Å². The fraction of sp³-hybridized carbons (Fsp3) is 0.222. The number of carbonyl (C=O) groups is 1. The van der Waals surface area contributed by atoms with E-state index in [0.717, 1.165) is 31.3 Å². The van der Waals surface area contributed by atoms with Gasteiger partial charge in [0, 0.05) is 26.6 Å². The zero-order chi connectivity index (χ0) is 23.5. The van der Waals surface area contributed by atoms with Crippen LogP contribution < -0.4 is 14.4 Å². The molecule has 1 aliphatic heterocycles. The van der Waals surface area contributed by atoms with Crippen LogP contribution in [0.3, 0.4) is 0 Å². The summed E-state index contributed by atoms with van der Waals surface area (Å²) < 4.78 is 13.5. The first kappa shape index (κ1) is 23.6. The van der Waals surface area contributed by atoms with Gasteiger partial charge in [-0.15, -0.1) is 0 Å². The zero-order valence-corrected chi connectivity index (χ0v) is 21.9. The van der Waals surface area contributed by atoms with Crippen LogP contribution in [0, 0.1) is 5.92 Å². The van der Waals surface area contributed by atoms with Gasteiger partial charge in [-0.05, 0) is 53.5 Å². The van der Waals surface area contributed by atoms with Crippen LogP contribution in [0.4, 0.5) is 5.69 Å². The Balaban J connectivity index is 1.65. The summed E-state index contributed by atoms with van der Waals surface area (Å²) in [5, 5.41) is 0. The number of ether oxygens (including phenoxy) is 2. The number of halogens is 2. The number of methoxy groups -OCH3 is 1. The van der Waals surface area contributed by atoms with Gasteiger partial charge in [0.25, 0.3) is 5.91 Å². The fourth-order valence-corrected chi connectivity index (χ4v) is 4.52. The molecule has 0 bridgehead atoms. The summed E-state index contributed by atoms with van der Waals surface area (Å²) >= 11 is 7.11. The molecule has 0 aliphatic carbocycles. The van der Waals surface area contributed by atoms with Crippen molar-refractivity contribution in [2.24, 2.45) is 5.92 Å². The Labute approximate surface area is 211 Å². The fourth-order valence-electron chi connectivity index (χ4n) is 3.82. The van der Waals surface area contributed by atoms with Crippen LogP contribution in [-0.2, 0) is 11.4 Å². The Kier molecular flexibility index (Phi) is 7.25. The minimum atomic E-state index is 0.0198. The van der Waals surface area contributed by atoms with Gasteiger partial charge in [0.1, 0.15) is 6.61 Å². The zero-order valence-electron chi connectivity index (χ0n) is 18.8. The summed E-state index contributed by atoms with van der Waals surface area (Å²) in [4.78, 5) is 15.2.